The van der Waals surface area contributed by atoms with Gasteiger partial charge in [0, 0.05) is 13.0 Å². The lowest BCUT2D eigenvalue weighted by atomic mass is 10.1. The van der Waals surface area contributed by atoms with Crippen molar-refractivity contribution in [1.82, 2.24) is 0 Å². The molecule has 3 atom stereocenters. The molecule has 52 heavy (non-hydrogen) atoms. The van der Waals surface area contributed by atoms with E-state index < -0.39 is 45.1 Å². The highest BCUT2D eigenvalue weighted by molar-refractivity contribution is 7.47. The van der Waals surface area contributed by atoms with Gasteiger partial charge in [0.05, 0.1) is 19.8 Å². The highest BCUT2D eigenvalue weighted by atomic mass is 31.2. The Kier molecular flexibility index (Phi) is 34.9. The van der Waals surface area contributed by atoms with Crippen LogP contribution in [0, 0.1) is 0 Å². The fourth-order valence-corrected chi connectivity index (χ4v) is 5.47. The molecule has 0 saturated heterocycles. The number of hydrogen-bond donors (Lipinski definition) is 3. The van der Waals surface area contributed by atoms with Crippen LogP contribution in [0.4, 0.5) is 0 Å². The van der Waals surface area contributed by atoms with Crippen molar-refractivity contribution in [3.63, 3.8) is 0 Å². The van der Waals surface area contributed by atoms with Crippen LogP contribution in [-0.4, -0.2) is 60.5 Å². The van der Waals surface area contributed by atoms with Gasteiger partial charge in [-0.15, -0.1) is 0 Å². The highest BCUT2D eigenvalue weighted by Gasteiger charge is 2.27. The predicted molar refractivity (Wildman–Crippen MR) is 212 cm³/mol. The Balaban J connectivity index is 4.32. The van der Waals surface area contributed by atoms with Gasteiger partial charge in [0.1, 0.15) is 12.1 Å². The van der Waals surface area contributed by atoms with Crippen molar-refractivity contribution in [2.75, 3.05) is 26.4 Å². The number of carboxylic acids is 1. The number of phosphoric ester groups is 1. The third-order valence-corrected chi connectivity index (χ3v) is 8.65. The molecule has 10 nitrogen and oxygen atoms in total. The van der Waals surface area contributed by atoms with E-state index in [1.807, 2.05) is 0 Å². The van der Waals surface area contributed by atoms with Gasteiger partial charge in [-0.1, -0.05) is 125 Å². The van der Waals surface area contributed by atoms with Crippen LogP contribution in [0.1, 0.15) is 136 Å². The number of hydrogen-bond acceptors (Lipinski definition) is 8. The van der Waals surface area contributed by atoms with Crippen LogP contribution in [0.25, 0.3) is 0 Å². The number of allylic oxidation sites excluding steroid dienone is 12. The normalized spacial score (nSPS) is 14.8. The number of nitrogens with two attached hydrogens (primary N) is 1. The first kappa shape index (κ1) is 49.4. The summed E-state index contributed by atoms with van der Waals surface area (Å²) < 4.78 is 33.2. The zero-order chi connectivity index (χ0) is 38.4. The first-order chi connectivity index (χ1) is 25.2. The minimum atomic E-state index is -4.62. The van der Waals surface area contributed by atoms with Crippen LogP contribution in [0.2, 0.25) is 0 Å². The summed E-state index contributed by atoms with van der Waals surface area (Å²) >= 11 is 0. The van der Waals surface area contributed by atoms with Crippen LogP contribution >= 0.6 is 7.82 Å². The van der Waals surface area contributed by atoms with E-state index in [0.29, 0.717) is 13.0 Å². The van der Waals surface area contributed by atoms with Crippen LogP contribution in [0.3, 0.4) is 0 Å². The summed E-state index contributed by atoms with van der Waals surface area (Å²) in [5.74, 6) is -1.81. The van der Waals surface area contributed by atoms with E-state index in [9.17, 15) is 19.0 Å². The number of phosphoric acid groups is 1. The Morgan fingerprint density at radius 2 is 1.12 bits per heavy atom. The quantitative estimate of drug-likeness (QED) is 0.0244. The van der Waals surface area contributed by atoms with Gasteiger partial charge in [0.15, 0.2) is 0 Å². The van der Waals surface area contributed by atoms with E-state index in [0.717, 1.165) is 109 Å². The molecule has 0 aromatic heterocycles. The predicted octanol–water partition coefficient (Wildman–Crippen LogP) is 10.2. The summed E-state index contributed by atoms with van der Waals surface area (Å²) in [7, 11) is -4.62. The fourth-order valence-electron chi connectivity index (χ4n) is 4.69. The van der Waals surface area contributed by atoms with E-state index in [4.69, 9.17) is 24.8 Å². The van der Waals surface area contributed by atoms with Crippen molar-refractivity contribution in [3.8, 4) is 0 Å². The molecule has 0 aromatic rings. The molecule has 0 saturated carbocycles. The molecule has 0 radical (unpaired) electrons. The first-order valence-electron chi connectivity index (χ1n) is 19.5. The van der Waals surface area contributed by atoms with E-state index >= 15 is 0 Å². The monoisotopic (exact) mass is 751 g/mol. The van der Waals surface area contributed by atoms with Crippen molar-refractivity contribution in [1.29, 1.82) is 0 Å². The summed E-state index contributed by atoms with van der Waals surface area (Å²) in [5.41, 5.74) is 5.33. The summed E-state index contributed by atoms with van der Waals surface area (Å²) in [4.78, 5) is 33.3. The van der Waals surface area contributed by atoms with Gasteiger partial charge in [-0.2, -0.15) is 0 Å². The zero-order valence-corrected chi connectivity index (χ0v) is 33.0. The molecule has 0 aromatic carbocycles. The molecule has 0 amide bonds. The Labute approximate surface area is 314 Å². The van der Waals surface area contributed by atoms with E-state index in [1.165, 1.54) is 0 Å². The molecule has 0 aliphatic carbocycles. The van der Waals surface area contributed by atoms with Gasteiger partial charge >= 0.3 is 19.8 Å². The average molecular weight is 752 g/mol. The summed E-state index contributed by atoms with van der Waals surface area (Å²) in [6, 6.07) is -1.48. The van der Waals surface area contributed by atoms with Crippen LogP contribution < -0.4 is 5.73 Å². The lowest BCUT2D eigenvalue weighted by Gasteiger charge is -2.20. The second kappa shape index (κ2) is 36.8. The van der Waals surface area contributed by atoms with Crippen LogP contribution in [0.15, 0.2) is 72.9 Å². The molecule has 298 valence electrons. The Hall–Kier alpha value is -2.59. The van der Waals surface area contributed by atoms with E-state index in [1.54, 1.807) is 0 Å². The molecular weight excluding hydrogens is 681 g/mol. The van der Waals surface area contributed by atoms with Crippen LogP contribution in [0.5, 0.6) is 0 Å². The standard InChI is InChI=1S/C41H70NO9P/c1-3-5-7-9-11-13-15-16-17-18-19-20-21-22-23-24-26-28-30-32-34-48-35-38(36-49-52(46,47)50-37-39(42)41(44)45)51-40(43)33-31-29-27-25-14-12-10-8-6-4-2/h5,7-8,10-11,13,16-17,19-20,22-23,38-39H,3-4,6,9,12,14-15,18,21,24-37,42H2,1-2H3,(H,44,45)(H,46,47)/b7-5-,10-8-,13-11-,17-16-,20-19-,23-22-. The third-order valence-electron chi connectivity index (χ3n) is 7.70. The maximum atomic E-state index is 12.5. The van der Waals surface area contributed by atoms with Gasteiger partial charge in [-0.05, 0) is 77.0 Å². The topological polar surface area (TPSA) is 155 Å². The SMILES string of the molecule is CC/C=C\C/C=C\C/C=C\C/C=C\C/C=C\CCCCCCOCC(COP(=O)(O)OCC(N)C(=O)O)OC(=O)CCCCCCC/C=C\CCC. The minimum absolute atomic E-state index is 0.00797. The van der Waals surface area contributed by atoms with E-state index in [2.05, 4.69) is 91.3 Å². The number of unbranched alkanes of at least 4 members (excludes halogenated alkanes) is 10. The average Bonchev–Trinajstić information content (AvgIpc) is 3.12. The number of ether oxygens (including phenoxy) is 2. The first-order valence-corrected chi connectivity index (χ1v) is 21.0. The molecule has 4 N–H and O–H groups in total. The molecule has 0 spiro atoms. The van der Waals surface area contributed by atoms with Gasteiger partial charge in [-0.25, -0.2) is 4.57 Å². The molecule has 11 heteroatoms. The van der Waals surface area contributed by atoms with Gasteiger partial charge in [0.2, 0.25) is 0 Å². The van der Waals surface area contributed by atoms with E-state index in [-0.39, 0.29) is 13.0 Å². The van der Waals surface area contributed by atoms with Gasteiger partial charge in [-0.3, -0.25) is 18.6 Å². The number of carbonyl (C=O) groups is 2. The number of esters is 1. The van der Waals surface area contributed by atoms with Crippen molar-refractivity contribution in [2.45, 2.75) is 148 Å². The van der Waals surface area contributed by atoms with Gasteiger partial charge < -0.3 is 25.2 Å². The third kappa shape index (κ3) is 35.8. The smallest absolute Gasteiger partial charge is 0.472 e. The highest BCUT2D eigenvalue weighted by Crippen LogP contribution is 2.43. The summed E-state index contributed by atoms with van der Waals surface area (Å²) in [6.07, 6.45) is 43.9. The molecule has 3 unspecified atom stereocenters. The fraction of sp³-hybridized carbons (Fsp3) is 0.659. The second-order valence-corrected chi connectivity index (χ2v) is 14.1. The van der Waals surface area contributed by atoms with Crippen molar-refractivity contribution in [2.24, 2.45) is 5.73 Å². The number of aliphatic carboxylic acids is 1. The maximum Gasteiger partial charge on any atom is 0.472 e. The van der Waals surface area contributed by atoms with Crippen molar-refractivity contribution >= 4 is 19.8 Å². The summed E-state index contributed by atoms with van der Waals surface area (Å²) in [6.45, 7) is 3.59. The molecule has 0 rings (SSSR count). The molecule has 0 fully saturated rings. The minimum Gasteiger partial charge on any atom is -0.480 e. The Bertz CT molecular complexity index is 1100. The second-order valence-electron chi connectivity index (χ2n) is 12.7. The number of carbonyl (C=O) groups excluding carboxylic acids is 1. The van der Waals surface area contributed by atoms with Gasteiger partial charge in [0.25, 0.3) is 0 Å². The van der Waals surface area contributed by atoms with Crippen molar-refractivity contribution < 1.29 is 42.7 Å². The molecular formula is C41H70NO9P. The molecule has 0 heterocycles. The number of carboxylic acid groups (broad SMARTS) is 1. The lowest BCUT2D eigenvalue weighted by molar-refractivity contribution is -0.154. The molecule has 0 bridgehead atoms. The zero-order valence-electron chi connectivity index (χ0n) is 32.1. The van der Waals surface area contributed by atoms with Crippen LogP contribution in [-0.2, 0) is 32.7 Å². The largest absolute Gasteiger partial charge is 0.480 e. The Morgan fingerprint density at radius 1 is 0.635 bits per heavy atom. The number of rotatable bonds is 36. The molecule has 0 aliphatic rings. The lowest BCUT2D eigenvalue weighted by Crippen LogP contribution is -2.34. The Morgan fingerprint density at radius 3 is 1.69 bits per heavy atom. The molecule has 0 aliphatic heterocycles. The maximum absolute atomic E-state index is 12.5. The summed E-state index contributed by atoms with van der Waals surface area (Å²) in [5, 5.41) is 8.86. The van der Waals surface area contributed by atoms with Crippen molar-refractivity contribution in [3.05, 3.63) is 72.9 Å².